The molecule has 0 unspecified atom stereocenters. The Bertz CT molecular complexity index is 876. The van der Waals surface area contributed by atoms with Crippen molar-refractivity contribution in [2.45, 2.75) is 18.9 Å². The fourth-order valence-corrected chi connectivity index (χ4v) is 2.64. The molecule has 6 heteroatoms. The van der Waals surface area contributed by atoms with E-state index in [0.29, 0.717) is 12.0 Å². The number of carboxylic acids is 1. The summed E-state index contributed by atoms with van der Waals surface area (Å²) in [5, 5.41) is 16.2. The molecule has 1 heterocycles. The number of nitrogens with zero attached hydrogens (tertiary/aromatic N) is 2. The molecule has 1 aromatic heterocycles. The van der Waals surface area contributed by atoms with Crippen molar-refractivity contribution >= 4 is 11.9 Å². The van der Waals surface area contributed by atoms with Crippen LogP contribution in [-0.4, -0.2) is 26.8 Å². The Hall–Kier alpha value is -3.41. The van der Waals surface area contributed by atoms with Crippen LogP contribution in [0.15, 0.2) is 73.1 Å². The number of amides is 1. The van der Waals surface area contributed by atoms with Crippen LogP contribution in [0, 0.1) is 0 Å². The number of hydrogen-bond donors (Lipinski definition) is 2. The maximum atomic E-state index is 12.2. The largest absolute Gasteiger partial charge is 0.479 e. The van der Waals surface area contributed by atoms with E-state index in [1.165, 1.54) is 0 Å². The second-order valence-electron chi connectivity index (χ2n) is 5.88. The van der Waals surface area contributed by atoms with Crippen LogP contribution in [0.3, 0.4) is 0 Å². The molecule has 132 valence electrons. The number of rotatable bonds is 7. The van der Waals surface area contributed by atoms with E-state index >= 15 is 0 Å². The fourth-order valence-electron chi connectivity index (χ4n) is 2.64. The highest BCUT2D eigenvalue weighted by atomic mass is 16.4. The van der Waals surface area contributed by atoms with Crippen LogP contribution in [0.25, 0.3) is 5.69 Å². The topological polar surface area (TPSA) is 84.2 Å². The summed E-state index contributed by atoms with van der Waals surface area (Å²) in [6.07, 6.45) is 4.26. The first kappa shape index (κ1) is 17.4. The van der Waals surface area contributed by atoms with E-state index in [1.807, 2.05) is 36.5 Å². The summed E-state index contributed by atoms with van der Waals surface area (Å²) in [6.45, 7) is 0. The normalized spacial score (nSPS) is 11.7. The minimum atomic E-state index is -1.08. The van der Waals surface area contributed by atoms with Crippen molar-refractivity contribution in [2.75, 3.05) is 0 Å². The van der Waals surface area contributed by atoms with Crippen molar-refractivity contribution in [3.63, 3.8) is 0 Å². The number of carbonyl (C=O) groups excluding carboxylic acids is 1. The number of para-hydroxylation sites is 1. The average molecular weight is 349 g/mol. The Kier molecular flexibility index (Phi) is 5.43. The van der Waals surface area contributed by atoms with Gasteiger partial charge in [0.15, 0.2) is 6.04 Å². The molecule has 0 saturated carbocycles. The Morgan fingerprint density at radius 3 is 2.35 bits per heavy atom. The number of nitrogens with one attached hydrogen (secondary N) is 1. The molecule has 2 N–H and O–H groups in total. The first-order chi connectivity index (χ1) is 12.6. The van der Waals surface area contributed by atoms with Gasteiger partial charge >= 0.3 is 5.97 Å². The van der Waals surface area contributed by atoms with Gasteiger partial charge in [-0.3, -0.25) is 4.79 Å². The molecule has 0 aliphatic rings. The highest BCUT2D eigenvalue weighted by Gasteiger charge is 2.21. The summed E-state index contributed by atoms with van der Waals surface area (Å²) in [6, 6.07) is 17.3. The molecule has 0 aliphatic carbocycles. The van der Waals surface area contributed by atoms with Gasteiger partial charge in [0, 0.05) is 12.6 Å². The lowest BCUT2D eigenvalue weighted by Gasteiger charge is -2.14. The minimum Gasteiger partial charge on any atom is -0.479 e. The zero-order valence-corrected chi connectivity index (χ0v) is 14.1. The number of aromatic nitrogens is 2. The number of carboxylic acid groups (broad SMARTS) is 1. The van der Waals surface area contributed by atoms with Gasteiger partial charge in [-0.15, -0.1) is 0 Å². The molecule has 0 saturated heterocycles. The van der Waals surface area contributed by atoms with Crippen molar-refractivity contribution in [3.8, 4) is 5.69 Å². The van der Waals surface area contributed by atoms with Gasteiger partial charge in [-0.25, -0.2) is 9.48 Å². The molecule has 1 amide bonds. The Morgan fingerprint density at radius 2 is 1.69 bits per heavy atom. The SMILES string of the molecule is O=C(CCc1cnn(-c2ccccc2)c1)N[C@@H](C(=O)O)c1ccccc1. The van der Waals surface area contributed by atoms with Gasteiger partial charge in [-0.05, 0) is 29.7 Å². The summed E-state index contributed by atoms with van der Waals surface area (Å²) in [5.41, 5.74) is 2.40. The quantitative estimate of drug-likeness (QED) is 0.687. The first-order valence-corrected chi connectivity index (χ1v) is 8.29. The number of hydrogen-bond acceptors (Lipinski definition) is 3. The lowest BCUT2D eigenvalue weighted by atomic mass is 10.1. The summed E-state index contributed by atoms with van der Waals surface area (Å²) in [7, 11) is 0. The third-order valence-electron chi connectivity index (χ3n) is 3.98. The van der Waals surface area contributed by atoms with Gasteiger partial charge in [0.25, 0.3) is 0 Å². The smallest absolute Gasteiger partial charge is 0.330 e. The third kappa shape index (κ3) is 4.36. The molecule has 1 atom stereocenters. The second kappa shape index (κ2) is 8.11. The van der Waals surface area contributed by atoms with Gasteiger partial charge in [0.05, 0.1) is 11.9 Å². The second-order valence-corrected chi connectivity index (χ2v) is 5.88. The molecule has 3 rings (SSSR count). The highest BCUT2D eigenvalue weighted by molar-refractivity contribution is 5.84. The van der Waals surface area contributed by atoms with E-state index in [1.54, 1.807) is 41.2 Å². The van der Waals surface area contributed by atoms with E-state index < -0.39 is 12.0 Å². The molecule has 0 fully saturated rings. The zero-order valence-electron chi connectivity index (χ0n) is 14.1. The Labute approximate surface area is 151 Å². The number of aryl methyl sites for hydroxylation is 1. The summed E-state index contributed by atoms with van der Waals surface area (Å²) in [4.78, 5) is 23.6. The minimum absolute atomic E-state index is 0.192. The molecule has 0 aliphatic heterocycles. The maximum Gasteiger partial charge on any atom is 0.330 e. The van der Waals surface area contributed by atoms with Crippen LogP contribution in [0.2, 0.25) is 0 Å². The van der Waals surface area contributed by atoms with E-state index in [0.717, 1.165) is 11.3 Å². The molecule has 2 aromatic carbocycles. The standard InChI is InChI=1S/C20H19N3O3/c24-18(22-19(20(25)26)16-7-3-1-4-8-16)12-11-15-13-21-23(14-15)17-9-5-2-6-10-17/h1-10,13-14,19H,11-12H2,(H,22,24)(H,25,26)/t19-/m1/s1. The third-order valence-corrected chi connectivity index (χ3v) is 3.98. The predicted molar refractivity (Wildman–Crippen MR) is 96.8 cm³/mol. The van der Waals surface area contributed by atoms with Gasteiger partial charge in [-0.1, -0.05) is 48.5 Å². The zero-order chi connectivity index (χ0) is 18.4. The molecule has 0 spiro atoms. The lowest BCUT2D eigenvalue weighted by molar-refractivity contribution is -0.142. The van der Waals surface area contributed by atoms with E-state index in [9.17, 15) is 14.7 Å². The highest BCUT2D eigenvalue weighted by Crippen LogP contribution is 2.14. The number of aliphatic carboxylic acids is 1. The molecular weight excluding hydrogens is 330 g/mol. The van der Waals surface area contributed by atoms with Gasteiger partial charge in [0.2, 0.25) is 5.91 Å². The van der Waals surface area contributed by atoms with Gasteiger partial charge in [0.1, 0.15) is 0 Å². The molecule has 26 heavy (non-hydrogen) atoms. The van der Waals surface area contributed by atoms with Crippen LogP contribution < -0.4 is 5.32 Å². The number of benzene rings is 2. The molecule has 3 aromatic rings. The summed E-state index contributed by atoms with van der Waals surface area (Å²) < 4.78 is 1.75. The first-order valence-electron chi connectivity index (χ1n) is 8.29. The average Bonchev–Trinajstić information content (AvgIpc) is 3.15. The maximum absolute atomic E-state index is 12.2. The van der Waals surface area contributed by atoms with Crippen molar-refractivity contribution < 1.29 is 14.7 Å². The molecule has 0 radical (unpaired) electrons. The Balaban J connectivity index is 1.59. The van der Waals surface area contributed by atoms with Crippen LogP contribution in [-0.2, 0) is 16.0 Å². The van der Waals surface area contributed by atoms with Crippen molar-refractivity contribution in [2.24, 2.45) is 0 Å². The van der Waals surface area contributed by atoms with Crippen molar-refractivity contribution in [1.82, 2.24) is 15.1 Å². The monoisotopic (exact) mass is 349 g/mol. The van der Waals surface area contributed by atoms with E-state index in [4.69, 9.17) is 0 Å². The van der Waals surface area contributed by atoms with E-state index in [2.05, 4.69) is 10.4 Å². The summed E-state index contributed by atoms with van der Waals surface area (Å²) in [5.74, 6) is -1.39. The predicted octanol–water partition coefficient (Wildman–Crippen LogP) is 2.75. The molecular formula is C20H19N3O3. The van der Waals surface area contributed by atoms with E-state index in [-0.39, 0.29) is 12.3 Å². The van der Waals surface area contributed by atoms with Crippen LogP contribution in [0.4, 0.5) is 0 Å². The van der Waals surface area contributed by atoms with Crippen molar-refractivity contribution in [3.05, 3.63) is 84.2 Å². The lowest BCUT2D eigenvalue weighted by Crippen LogP contribution is -2.33. The molecule has 0 bridgehead atoms. The van der Waals surface area contributed by atoms with Crippen molar-refractivity contribution in [1.29, 1.82) is 0 Å². The molecule has 6 nitrogen and oxygen atoms in total. The van der Waals surface area contributed by atoms with Gasteiger partial charge in [-0.2, -0.15) is 5.10 Å². The fraction of sp³-hybridized carbons (Fsp3) is 0.150. The Morgan fingerprint density at radius 1 is 1.04 bits per heavy atom. The van der Waals surface area contributed by atoms with Gasteiger partial charge < -0.3 is 10.4 Å². The van der Waals surface area contributed by atoms with Crippen LogP contribution in [0.5, 0.6) is 0 Å². The number of carbonyl (C=O) groups is 2. The summed E-state index contributed by atoms with van der Waals surface area (Å²) >= 11 is 0. The van der Waals surface area contributed by atoms with Crippen LogP contribution in [0.1, 0.15) is 23.6 Å². The van der Waals surface area contributed by atoms with Crippen LogP contribution >= 0.6 is 0 Å².